The van der Waals surface area contributed by atoms with Crippen LogP contribution < -0.4 is 9.64 Å². The molecule has 1 atom stereocenters. The van der Waals surface area contributed by atoms with Gasteiger partial charge in [-0.25, -0.2) is 4.39 Å². The van der Waals surface area contributed by atoms with Crippen LogP contribution >= 0.6 is 0 Å². The van der Waals surface area contributed by atoms with Gasteiger partial charge in [0.25, 0.3) is 0 Å². The molecular formula is C17H20FNO2. The van der Waals surface area contributed by atoms with Crippen molar-refractivity contribution >= 4 is 5.69 Å². The number of halogens is 1. The van der Waals surface area contributed by atoms with E-state index in [0.29, 0.717) is 12.1 Å². The fourth-order valence-electron chi connectivity index (χ4n) is 2.38. The maximum absolute atomic E-state index is 13.4. The number of anilines is 1. The Hall–Kier alpha value is -2.07. The molecule has 0 radical (unpaired) electrons. The van der Waals surface area contributed by atoms with Gasteiger partial charge in [0.15, 0.2) is 0 Å². The van der Waals surface area contributed by atoms with Crippen LogP contribution in [0.4, 0.5) is 10.1 Å². The highest BCUT2D eigenvalue weighted by atomic mass is 19.1. The van der Waals surface area contributed by atoms with E-state index in [4.69, 9.17) is 4.74 Å². The van der Waals surface area contributed by atoms with Gasteiger partial charge in [0.2, 0.25) is 0 Å². The van der Waals surface area contributed by atoms with Crippen molar-refractivity contribution in [2.45, 2.75) is 19.6 Å². The number of aliphatic hydroxyl groups is 1. The predicted molar refractivity (Wildman–Crippen MR) is 82.1 cm³/mol. The summed E-state index contributed by atoms with van der Waals surface area (Å²) in [7, 11) is 3.55. The van der Waals surface area contributed by atoms with E-state index in [2.05, 4.69) is 0 Å². The number of nitrogens with zero attached hydrogens (tertiary/aromatic N) is 1. The van der Waals surface area contributed by atoms with Crippen molar-refractivity contribution in [1.82, 2.24) is 0 Å². The van der Waals surface area contributed by atoms with Gasteiger partial charge in [0, 0.05) is 30.4 Å². The minimum Gasteiger partial charge on any atom is -0.496 e. The summed E-state index contributed by atoms with van der Waals surface area (Å²) >= 11 is 0. The van der Waals surface area contributed by atoms with Crippen LogP contribution in [-0.2, 0) is 6.54 Å². The van der Waals surface area contributed by atoms with Gasteiger partial charge in [-0.15, -0.1) is 0 Å². The van der Waals surface area contributed by atoms with Crippen molar-refractivity contribution < 1.29 is 14.2 Å². The second-order valence-electron chi connectivity index (χ2n) is 5.05. The van der Waals surface area contributed by atoms with Crippen molar-refractivity contribution in [1.29, 1.82) is 0 Å². The molecule has 1 unspecified atom stereocenters. The summed E-state index contributed by atoms with van der Waals surface area (Å²) in [6.07, 6.45) is -0.726. The number of para-hydroxylation sites is 1. The summed E-state index contributed by atoms with van der Waals surface area (Å²) in [5, 5.41) is 9.83. The molecule has 21 heavy (non-hydrogen) atoms. The van der Waals surface area contributed by atoms with Gasteiger partial charge in [0.1, 0.15) is 11.6 Å². The average Bonchev–Trinajstić information content (AvgIpc) is 2.47. The fraction of sp³-hybridized carbons (Fsp3) is 0.294. The van der Waals surface area contributed by atoms with Crippen molar-refractivity contribution in [3.63, 3.8) is 0 Å². The maximum Gasteiger partial charge on any atom is 0.123 e. The average molecular weight is 289 g/mol. The Labute approximate surface area is 124 Å². The predicted octanol–water partition coefficient (Wildman–Crippen LogP) is 3.52. The van der Waals surface area contributed by atoms with E-state index < -0.39 is 6.10 Å². The smallest absolute Gasteiger partial charge is 0.123 e. The minimum atomic E-state index is -0.726. The number of hydrogen-bond acceptors (Lipinski definition) is 3. The molecule has 0 amide bonds. The Morgan fingerprint density at radius 3 is 2.62 bits per heavy atom. The van der Waals surface area contributed by atoms with Gasteiger partial charge in [-0.05, 0) is 31.2 Å². The van der Waals surface area contributed by atoms with Crippen molar-refractivity contribution in [3.05, 3.63) is 59.4 Å². The standard InChI is InChI=1S/C17H20FNO2/c1-12(20)15-10-14(18)8-9-16(15)19(2)11-13-6-4-5-7-17(13)21-3/h4-10,12,20H,11H2,1-3H3. The number of aliphatic hydroxyl groups excluding tert-OH is 1. The zero-order valence-corrected chi connectivity index (χ0v) is 12.5. The molecule has 0 aliphatic rings. The molecule has 3 nitrogen and oxygen atoms in total. The molecule has 0 heterocycles. The highest BCUT2D eigenvalue weighted by Gasteiger charge is 2.14. The number of methoxy groups -OCH3 is 1. The lowest BCUT2D eigenvalue weighted by Crippen LogP contribution is -2.19. The molecular weight excluding hydrogens is 269 g/mol. The van der Waals surface area contributed by atoms with Crippen LogP contribution in [0.15, 0.2) is 42.5 Å². The highest BCUT2D eigenvalue weighted by Crippen LogP contribution is 2.29. The third-order valence-electron chi connectivity index (χ3n) is 3.45. The fourth-order valence-corrected chi connectivity index (χ4v) is 2.38. The van der Waals surface area contributed by atoms with Crippen LogP contribution in [0.2, 0.25) is 0 Å². The number of ether oxygens (including phenoxy) is 1. The number of rotatable bonds is 5. The molecule has 1 N–H and O–H groups in total. The molecule has 0 aliphatic carbocycles. The van der Waals surface area contributed by atoms with Crippen LogP contribution in [0.1, 0.15) is 24.2 Å². The van der Waals surface area contributed by atoms with E-state index in [1.165, 1.54) is 12.1 Å². The van der Waals surface area contributed by atoms with Crippen molar-refractivity contribution in [3.8, 4) is 5.75 Å². The molecule has 112 valence electrons. The van der Waals surface area contributed by atoms with Crippen LogP contribution in [0.25, 0.3) is 0 Å². The second-order valence-corrected chi connectivity index (χ2v) is 5.05. The van der Waals surface area contributed by atoms with Crippen LogP contribution in [0.5, 0.6) is 5.75 Å². The normalized spacial score (nSPS) is 12.0. The van der Waals surface area contributed by atoms with Gasteiger partial charge < -0.3 is 14.7 Å². The van der Waals surface area contributed by atoms with E-state index in [-0.39, 0.29) is 5.82 Å². The molecule has 0 aliphatic heterocycles. The summed E-state index contributed by atoms with van der Waals surface area (Å²) in [5.41, 5.74) is 2.41. The van der Waals surface area contributed by atoms with E-state index in [1.54, 1.807) is 20.1 Å². The third kappa shape index (κ3) is 3.52. The first-order valence-corrected chi connectivity index (χ1v) is 6.83. The molecule has 0 bridgehead atoms. The Kier molecular flexibility index (Phi) is 4.81. The third-order valence-corrected chi connectivity index (χ3v) is 3.45. The summed E-state index contributed by atoms with van der Waals surface area (Å²) in [6, 6.07) is 12.2. The maximum atomic E-state index is 13.4. The first kappa shape index (κ1) is 15.3. The monoisotopic (exact) mass is 289 g/mol. The van der Waals surface area contributed by atoms with Crippen molar-refractivity contribution in [2.75, 3.05) is 19.1 Å². The quantitative estimate of drug-likeness (QED) is 0.914. The van der Waals surface area contributed by atoms with E-state index in [9.17, 15) is 9.50 Å². The molecule has 0 aromatic heterocycles. The lowest BCUT2D eigenvalue weighted by atomic mass is 10.1. The molecule has 2 aromatic carbocycles. The number of benzene rings is 2. The second kappa shape index (κ2) is 6.59. The summed E-state index contributed by atoms with van der Waals surface area (Å²) in [6.45, 7) is 2.24. The lowest BCUT2D eigenvalue weighted by Gasteiger charge is -2.24. The Morgan fingerprint density at radius 2 is 1.95 bits per heavy atom. The summed E-state index contributed by atoms with van der Waals surface area (Å²) in [5.74, 6) is 0.463. The topological polar surface area (TPSA) is 32.7 Å². The summed E-state index contributed by atoms with van der Waals surface area (Å²) in [4.78, 5) is 1.97. The van der Waals surface area contributed by atoms with Gasteiger partial charge in [0.05, 0.1) is 13.2 Å². The van der Waals surface area contributed by atoms with E-state index in [0.717, 1.165) is 17.0 Å². The number of hydrogen-bond donors (Lipinski definition) is 1. The SMILES string of the molecule is COc1ccccc1CN(C)c1ccc(F)cc1C(C)O. The van der Waals surface area contributed by atoms with Gasteiger partial charge in [-0.2, -0.15) is 0 Å². The molecule has 0 saturated heterocycles. The molecule has 0 fully saturated rings. The molecule has 2 aromatic rings. The highest BCUT2D eigenvalue weighted by molar-refractivity contribution is 5.55. The molecule has 0 spiro atoms. The molecule has 4 heteroatoms. The van der Waals surface area contributed by atoms with Gasteiger partial charge >= 0.3 is 0 Å². The van der Waals surface area contributed by atoms with Gasteiger partial charge in [-0.1, -0.05) is 18.2 Å². The Morgan fingerprint density at radius 1 is 1.24 bits per heavy atom. The Balaban J connectivity index is 2.30. The van der Waals surface area contributed by atoms with E-state index >= 15 is 0 Å². The van der Waals surface area contributed by atoms with Crippen LogP contribution in [0, 0.1) is 5.82 Å². The zero-order chi connectivity index (χ0) is 15.4. The largest absolute Gasteiger partial charge is 0.496 e. The Bertz CT molecular complexity index is 613. The molecule has 0 saturated carbocycles. The lowest BCUT2D eigenvalue weighted by molar-refractivity contribution is 0.199. The van der Waals surface area contributed by atoms with Gasteiger partial charge in [-0.3, -0.25) is 0 Å². The van der Waals surface area contributed by atoms with Crippen molar-refractivity contribution in [2.24, 2.45) is 0 Å². The van der Waals surface area contributed by atoms with Crippen LogP contribution in [-0.4, -0.2) is 19.3 Å². The summed E-state index contributed by atoms with van der Waals surface area (Å²) < 4.78 is 18.7. The van der Waals surface area contributed by atoms with E-state index in [1.807, 2.05) is 36.2 Å². The minimum absolute atomic E-state index is 0.347. The van der Waals surface area contributed by atoms with Crippen LogP contribution in [0.3, 0.4) is 0 Å². The first-order chi connectivity index (χ1) is 10.0. The zero-order valence-electron chi connectivity index (χ0n) is 12.5. The molecule has 2 rings (SSSR count). The first-order valence-electron chi connectivity index (χ1n) is 6.83.